The van der Waals surface area contributed by atoms with E-state index < -0.39 is 0 Å². The standard InChI is InChI=1S/C16H14ClN3O2/c1-2-22-15(21)9-13-16(12-5-3-4-8-18-12)19-14-7-6-11(17)10-20(13)14/h3-8,10H,2,9H2,1H3. The molecule has 6 heteroatoms. The van der Waals surface area contributed by atoms with Crippen LogP contribution in [0.3, 0.4) is 0 Å². The highest BCUT2D eigenvalue weighted by atomic mass is 35.5. The van der Waals surface area contributed by atoms with E-state index in [9.17, 15) is 4.79 Å². The summed E-state index contributed by atoms with van der Waals surface area (Å²) in [6.45, 7) is 2.12. The Morgan fingerprint density at radius 3 is 2.91 bits per heavy atom. The quantitative estimate of drug-likeness (QED) is 0.694. The molecule has 0 bridgehead atoms. The number of hydrogen-bond acceptors (Lipinski definition) is 4. The number of aromatic nitrogens is 3. The Bertz CT molecular complexity index is 815. The molecule has 0 N–H and O–H groups in total. The number of ether oxygens (including phenoxy) is 1. The van der Waals surface area contributed by atoms with E-state index in [1.54, 1.807) is 25.4 Å². The summed E-state index contributed by atoms with van der Waals surface area (Å²) in [5, 5.41) is 0.572. The number of carbonyl (C=O) groups is 1. The zero-order chi connectivity index (χ0) is 15.5. The van der Waals surface area contributed by atoms with Gasteiger partial charge >= 0.3 is 5.97 Å². The average Bonchev–Trinajstić information content (AvgIpc) is 2.86. The maximum absolute atomic E-state index is 11.9. The van der Waals surface area contributed by atoms with Gasteiger partial charge in [-0.2, -0.15) is 0 Å². The smallest absolute Gasteiger partial charge is 0.311 e. The van der Waals surface area contributed by atoms with E-state index in [4.69, 9.17) is 16.3 Å². The summed E-state index contributed by atoms with van der Waals surface area (Å²) >= 11 is 6.06. The number of imidazole rings is 1. The predicted molar refractivity (Wildman–Crippen MR) is 83.8 cm³/mol. The molecule has 0 saturated heterocycles. The number of rotatable bonds is 4. The van der Waals surface area contributed by atoms with Crippen molar-refractivity contribution in [3.05, 3.63) is 53.4 Å². The topological polar surface area (TPSA) is 56.5 Å². The van der Waals surface area contributed by atoms with Crippen molar-refractivity contribution >= 4 is 23.2 Å². The molecular weight excluding hydrogens is 302 g/mol. The highest BCUT2D eigenvalue weighted by Gasteiger charge is 2.18. The number of fused-ring (bicyclic) bond motifs is 1. The van der Waals surface area contributed by atoms with E-state index >= 15 is 0 Å². The molecule has 3 aromatic rings. The molecule has 0 aromatic carbocycles. The van der Waals surface area contributed by atoms with Crippen molar-refractivity contribution in [1.29, 1.82) is 0 Å². The molecule has 0 aliphatic carbocycles. The third-order valence-electron chi connectivity index (χ3n) is 3.21. The van der Waals surface area contributed by atoms with Gasteiger partial charge in [0.05, 0.1) is 29.4 Å². The Hall–Kier alpha value is -2.40. The summed E-state index contributed by atoms with van der Waals surface area (Å²) in [6, 6.07) is 9.15. The van der Waals surface area contributed by atoms with E-state index in [0.717, 1.165) is 5.69 Å². The van der Waals surface area contributed by atoms with Crippen molar-refractivity contribution in [1.82, 2.24) is 14.4 Å². The Labute approximate surface area is 132 Å². The molecule has 22 heavy (non-hydrogen) atoms. The molecule has 3 rings (SSSR count). The second-order valence-electron chi connectivity index (χ2n) is 4.68. The molecule has 0 aliphatic heterocycles. The fourth-order valence-electron chi connectivity index (χ4n) is 2.29. The molecule has 3 aromatic heterocycles. The van der Waals surface area contributed by atoms with Gasteiger partial charge in [-0.3, -0.25) is 9.78 Å². The van der Waals surface area contributed by atoms with E-state index in [1.807, 2.05) is 28.7 Å². The highest BCUT2D eigenvalue weighted by Crippen LogP contribution is 2.24. The highest BCUT2D eigenvalue weighted by molar-refractivity contribution is 6.30. The van der Waals surface area contributed by atoms with Gasteiger partial charge in [-0.15, -0.1) is 0 Å². The Balaban J connectivity index is 2.16. The van der Waals surface area contributed by atoms with Crippen LogP contribution in [0.4, 0.5) is 0 Å². The van der Waals surface area contributed by atoms with Crippen LogP contribution >= 0.6 is 11.6 Å². The second kappa shape index (κ2) is 6.15. The average molecular weight is 316 g/mol. The lowest BCUT2D eigenvalue weighted by molar-refractivity contribution is -0.142. The molecule has 0 radical (unpaired) electrons. The van der Waals surface area contributed by atoms with Crippen LogP contribution in [0.1, 0.15) is 12.6 Å². The van der Waals surface area contributed by atoms with Gasteiger partial charge in [0.1, 0.15) is 11.3 Å². The minimum absolute atomic E-state index is 0.112. The molecule has 5 nitrogen and oxygen atoms in total. The Morgan fingerprint density at radius 1 is 1.32 bits per heavy atom. The number of hydrogen-bond donors (Lipinski definition) is 0. The number of pyridine rings is 2. The van der Waals surface area contributed by atoms with E-state index in [2.05, 4.69) is 9.97 Å². The molecule has 0 saturated carbocycles. The summed E-state index contributed by atoms with van der Waals surface area (Å²) in [6.07, 6.45) is 3.55. The first-order valence-corrected chi connectivity index (χ1v) is 7.30. The van der Waals surface area contributed by atoms with Gasteiger partial charge in [0.15, 0.2) is 0 Å². The van der Waals surface area contributed by atoms with Crippen LogP contribution in [0.25, 0.3) is 17.0 Å². The number of carbonyl (C=O) groups excluding carboxylic acids is 1. The molecule has 0 unspecified atom stereocenters. The van der Waals surface area contributed by atoms with Gasteiger partial charge in [0.2, 0.25) is 0 Å². The van der Waals surface area contributed by atoms with Crippen molar-refractivity contribution in [3.63, 3.8) is 0 Å². The van der Waals surface area contributed by atoms with Gasteiger partial charge in [-0.25, -0.2) is 4.98 Å². The first kappa shape index (κ1) is 14.5. The van der Waals surface area contributed by atoms with E-state index in [-0.39, 0.29) is 12.4 Å². The summed E-state index contributed by atoms with van der Waals surface area (Å²) < 4.78 is 6.86. The number of esters is 1. The van der Waals surface area contributed by atoms with E-state index in [1.165, 1.54) is 0 Å². The summed E-state index contributed by atoms with van der Waals surface area (Å²) in [7, 11) is 0. The van der Waals surface area contributed by atoms with Gasteiger partial charge < -0.3 is 9.14 Å². The molecule has 0 amide bonds. The predicted octanol–water partition coefficient (Wildman–Crippen LogP) is 3.16. The second-order valence-corrected chi connectivity index (χ2v) is 5.12. The largest absolute Gasteiger partial charge is 0.466 e. The van der Waals surface area contributed by atoms with Crippen molar-refractivity contribution in [3.8, 4) is 11.4 Å². The minimum atomic E-state index is -0.304. The summed E-state index contributed by atoms with van der Waals surface area (Å²) in [5.74, 6) is -0.304. The van der Waals surface area contributed by atoms with Crippen molar-refractivity contribution < 1.29 is 9.53 Å². The molecule has 0 fully saturated rings. The van der Waals surface area contributed by atoms with E-state index in [0.29, 0.717) is 28.7 Å². The molecule has 0 atom stereocenters. The van der Waals surface area contributed by atoms with Crippen LogP contribution in [-0.2, 0) is 16.0 Å². The molecule has 0 spiro atoms. The first-order valence-electron chi connectivity index (χ1n) is 6.92. The third kappa shape index (κ3) is 2.80. The normalized spacial score (nSPS) is 10.8. The molecule has 112 valence electrons. The number of nitrogens with zero attached hydrogens (tertiary/aromatic N) is 3. The van der Waals surface area contributed by atoms with Crippen molar-refractivity contribution in [2.45, 2.75) is 13.3 Å². The van der Waals surface area contributed by atoms with Gasteiger partial charge in [0.25, 0.3) is 0 Å². The zero-order valence-corrected chi connectivity index (χ0v) is 12.7. The molecular formula is C16H14ClN3O2. The van der Waals surface area contributed by atoms with Gasteiger partial charge in [0, 0.05) is 12.4 Å². The van der Waals surface area contributed by atoms with Gasteiger partial charge in [-0.05, 0) is 31.2 Å². The monoisotopic (exact) mass is 315 g/mol. The van der Waals surface area contributed by atoms with Crippen molar-refractivity contribution in [2.24, 2.45) is 0 Å². The van der Waals surface area contributed by atoms with Crippen LogP contribution in [0.2, 0.25) is 5.02 Å². The first-order chi connectivity index (χ1) is 10.7. The zero-order valence-electron chi connectivity index (χ0n) is 12.0. The van der Waals surface area contributed by atoms with Crippen molar-refractivity contribution in [2.75, 3.05) is 6.61 Å². The molecule has 0 aliphatic rings. The fraction of sp³-hybridized carbons (Fsp3) is 0.188. The van der Waals surface area contributed by atoms with Crippen LogP contribution in [-0.4, -0.2) is 26.9 Å². The maximum atomic E-state index is 11.9. The summed E-state index contributed by atoms with van der Waals surface area (Å²) in [4.78, 5) is 20.8. The van der Waals surface area contributed by atoms with Gasteiger partial charge in [-0.1, -0.05) is 17.7 Å². The van der Waals surface area contributed by atoms with Crippen LogP contribution in [0, 0.1) is 0 Å². The van der Waals surface area contributed by atoms with Crippen LogP contribution in [0.15, 0.2) is 42.7 Å². The lowest BCUT2D eigenvalue weighted by Crippen LogP contribution is -2.10. The van der Waals surface area contributed by atoms with Crippen LogP contribution < -0.4 is 0 Å². The molecule has 3 heterocycles. The maximum Gasteiger partial charge on any atom is 0.311 e. The number of halogens is 1. The Morgan fingerprint density at radius 2 is 2.18 bits per heavy atom. The lowest BCUT2D eigenvalue weighted by Gasteiger charge is -2.05. The SMILES string of the molecule is CCOC(=O)Cc1c(-c2ccccn2)nc2ccc(Cl)cn12. The fourth-order valence-corrected chi connectivity index (χ4v) is 2.45. The Kier molecular flexibility index (Phi) is 4.06. The minimum Gasteiger partial charge on any atom is -0.466 e. The summed E-state index contributed by atoms with van der Waals surface area (Å²) in [5.41, 5.74) is 2.80. The third-order valence-corrected chi connectivity index (χ3v) is 3.43. The van der Waals surface area contributed by atoms with Crippen LogP contribution in [0.5, 0.6) is 0 Å². The lowest BCUT2D eigenvalue weighted by atomic mass is 10.2.